The zero-order valence-corrected chi connectivity index (χ0v) is 8.66. The van der Waals surface area contributed by atoms with Crippen molar-refractivity contribution in [1.82, 2.24) is 5.32 Å². The van der Waals surface area contributed by atoms with Crippen molar-refractivity contribution in [2.75, 3.05) is 6.54 Å². The lowest BCUT2D eigenvalue weighted by Crippen LogP contribution is -2.19. The van der Waals surface area contributed by atoms with Crippen LogP contribution in [-0.4, -0.2) is 12.5 Å². The summed E-state index contributed by atoms with van der Waals surface area (Å²) in [7, 11) is 0. The number of hydrogen-bond acceptors (Lipinski definition) is 1. The largest absolute Gasteiger partial charge is 0.304 e. The molecule has 1 aliphatic heterocycles. The van der Waals surface area contributed by atoms with Crippen LogP contribution in [0.5, 0.6) is 0 Å². The first-order chi connectivity index (χ1) is 6.57. The summed E-state index contributed by atoms with van der Waals surface area (Å²) < 4.78 is 38.2. The van der Waals surface area contributed by atoms with E-state index < -0.39 is 5.92 Å². The Bertz CT molecular complexity index is 326. The summed E-state index contributed by atoms with van der Waals surface area (Å²) in [6, 6.07) is 5.29. The van der Waals surface area contributed by atoms with E-state index in [4.69, 9.17) is 0 Å². The molecule has 1 nitrogen and oxygen atoms in total. The van der Waals surface area contributed by atoms with Gasteiger partial charge in [0.1, 0.15) is 5.82 Å². The van der Waals surface area contributed by atoms with Crippen LogP contribution in [0, 0.1) is 5.82 Å². The summed E-state index contributed by atoms with van der Waals surface area (Å²) in [5.74, 6) is -2.99. The summed E-state index contributed by atoms with van der Waals surface area (Å²) in [5, 5.41) is 2.71. The Balaban J connectivity index is 0.00000112. The second-order valence-electron chi connectivity index (χ2n) is 3.55. The highest BCUT2D eigenvalue weighted by Crippen LogP contribution is 2.33. The van der Waals surface area contributed by atoms with Gasteiger partial charge in [-0.1, -0.05) is 12.1 Å². The van der Waals surface area contributed by atoms with Crippen molar-refractivity contribution >= 4 is 12.4 Å². The molecule has 1 fully saturated rings. The lowest BCUT2D eigenvalue weighted by atomic mass is 10.0. The van der Waals surface area contributed by atoms with Gasteiger partial charge >= 0.3 is 0 Å². The van der Waals surface area contributed by atoms with E-state index in [0.29, 0.717) is 5.56 Å². The molecule has 84 valence electrons. The molecule has 0 aromatic heterocycles. The van der Waals surface area contributed by atoms with Crippen LogP contribution in [0.4, 0.5) is 13.2 Å². The van der Waals surface area contributed by atoms with E-state index >= 15 is 0 Å². The first-order valence-electron chi connectivity index (χ1n) is 4.43. The average Bonchev–Trinajstić information content (AvgIpc) is 2.47. The molecule has 0 radical (unpaired) electrons. The van der Waals surface area contributed by atoms with Gasteiger partial charge in [0, 0.05) is 12.5 Å². The number of benzene rings is 1. The Kier molecular flexibility index (Phi) is 3.62. The van der Waals surface area contributed by atoms with Crippen molar-refractivity contribution in [2.45, 2.75) is 18.4 Å². The van der Waals surface area contributed by atoms with Crippen LogP contribution >= 0.6 is 12.4 Å². The Hall–Kier alpha value is -0.740. The first-order valence-corrected chi connectivity index (χ1v) is 4.43. The third-order valence-electron chi connectivity index (χ3n) is 2.38. The number of hydrogen-bond donors (Lipinski definition) is 1. The minimum atomic E-state index is -2.64. The van der Waals surface area contributed by atoms with Gasteiger partial charge in [-0.05, 0) is 17.7 Å². The van der Waals surface area contributed by atoms with Crippen LogP contribution in [0.25, 0.3) is 0 Å². The van der Waals surface area contributed by atoms with Crippen molar-refractivity contribution in [3.63, 3.8) is 0 Å². The molecule has 5 heteroatoms. The standard InChI is InChI=1S/C10H10F3N.ClH/c11-8-3-1-7(2-4-8)9-5-10(12,13)6-14-9;/h1-4,9,14H,5-6H2;1H. The van der Waals surface area contributed by atoms with Gasteiger partial charge in [-0.15, -0.1) is 12.4 Å². The second-order valence-corrected chi connectivity index (χ2v) is 3.55. The topological polar surface area (TPSA) is 12.0 Å². The van der Waals surface area contributed by atoms with Gasteiger partial charge in [-0.2, -0.15) is 0 Å². The van der Waals surface area contributed by atoms with Crippen LogP contribution in [0.2, 0.25) is 0 Å². The number of alkyl halides is 2. The van der Waals surface area contributed by atoms with Crippen molar-refractivity contribution in [2.24, 2.45) is 0 Å². The van der Waals surface area contributed by atoms with Gasteiger partial charge in [-0.3, -0.25) is 0 Å². The maximum atomic E-state index is 12.8. The van der Waals surface area contributed by atoms with E-state index in [1.165, 1.54) is 24.3 Å². The molecular formula is C10H11ClF3N. The zero-order valence-electron chi connectivity index (χ0n) is 7.84. The monoisotopic (exact) mass is 237 g/mol. The molecule has 1 heterocycles. The van der Waals surface area contributed by atoms with Crippen LogP contribution in [-0.2, 0) is 0 Å². The third kappa shape index (κ3) is 2.86. The quantitative estimate of drug-likeness (QED) is 0.792. The molecular weight excluding hydrogens is 227 g/mol. The molecule has 1 aromatic rings. The van der Waals surface area contributed by atoms with Crippen molar-refractivity contribution in [1.29, 1.82) is 0 Å². The molecule has 2 rings (SSSR count). The molecule has 1 atom stereocenters. The predicted octanol–water partition coefficient (Wildman–Crippen LogP) is 2.92. The molecule has 15 heavy (non-hydrogen) atoms. The van der Waals surface area contributed by atoms with E-state index in [9.17, 15) is 13.2 Å². The van der Waals surface area contributed by atoms with Gasteiger partial charge in [0.25, 0.3) is 5.92 Å². The molecule has 0 amide bonds. The average molecular weight is 238 g/mol. The number of rotatable bonds is 1. The molecule has 0 aliphatic carbocycles. The summed E-state index contributed by atoms with van der Waals surface area (Å²) in [6.07, 6.45) is -0.210. The fraction of sp³-hybridized carbons (Fsp3) is 0.400. The van der Waals surface area contributed by atoms with Crippen LogP contribution in [0.15, 0.2) is 24.3 Å². The first kappa shape index (κ1) is 12.3. The summed E-state index contributed by atoms with van der Waals surface area (Å²) in [5.41, 5.74) is 0.712. The highest BCUT2D eigenvalue weighted by atomic mass is 35.5. The van der Waals surface area contributed by atoms with E-state index in [1.54, 1.807) is 0 Å². The maximum absolute atomic E-state index is 12.8. The smallest absolute Gasteiger partial charge is 0.262 e. The molecule has 0 saturated carbocycles. The highest BCUT2D eigenvalue weighted by molar-refractivity contribution is 5.85. The van der Waals surface area contributed by atoms with Crippen LogP contribution in [0.3, 0.4) is 0 Å². The fourth-order valence-electron chi connectivity index (χ4n) is 1.65. The van der Waals surface area contributed by atoms with Crippen LogP contribution in [0.1, 0.15) is 18.0 Å². The number of nitrogens with one attached hydrogen (secondary N) is 1. The zero-order chi connectivity index (χ0) is 10.2. The summed E-state index contributed by atoms with van der Waals surface area (Å²) in [6.45, 7) is -0.297. The molecule has 1 aromatic carbocycles. The van der Waals surface area contributed by atoms with Gasteiger partial charge in [-0.25, -0.2) is 13.2 Å². The third-order valence-corrected chi connectivity index (χ3v) is 2.38. The van der Waals surface area contributed by atoms with E-state index in [-0.39, 0.29) is 37.2 Å². The van der Waals surface area contributed by atoms with E-state index in [0.717, 1.165) is 0 Å². The van der Waals surface area contributed by atoms with Crippen molar-refractivity contribution in [3.8, 4) is 0 Å². The molecule has 1 aliphatic rings. The van der Waals surface area contributed by atoms with Gasteiger partial charge in [0.05, 0.1) is 6.54 Å². The number of halogens is 4. The molecule has 0 bridgehead atoms. The molecule has 0 spiro atoms. The van der Waals surface area contributed by atoms with Crippen molar-refractivity contribution in [3.05, 3.63) is 35.6 Å². The normalized spacial score (nSPS) is 23.5. The van der Waals surface area contributed by atoms with E-state index in [2.05, 4.69) is 5.32 Å². The van der Waals surface area contributed by atoms with E-state index in [1.807, 2.05) is 0 Å². The fourth-order valence-corrected chi connectivity index (χ4v) is 1.65. The Morgan fingerprint density at radius 2 is 1.80 bits per heavy atom. The van der Waals surface area contributed by atoms with Gasteiger partial charge in [0.15, 0.2) is 0 Å². The van der Waals surface area contributed by atoms with Crippen LogP contribution < -0.4 is 5.32 Å². The molecule has 1 N–H and O–H groups in total. The molecule has 1 saturated heterocycles. The Morgan fingerprint density at radius 1 is 1.20 bits per heavy atom. The van der Waals surface area contributed by atoms with Gasteiger partial charge < -0.3 is 5.32 Å². The summed E-state index contributed by atoms with van der Waals surface area (Å²) in [4.78, 5) is 0. The highest BCUT2D eigenvalue weighted by Gasteiger charge is 2.39. The minimum absolute atomic E-state index is 0. The Labute approximate surface area is 92.1 Å². The SMILES string of the molecule is Cl.Fc1ccc(C2CC(F)(F)CN2)cc1. The lowest BCUT2D eigenvalue weighted by Gasteiger charge is -2.10. The Morgan fingerprint density at radius 3 is 2.27 bits per heavy atom. The second kappa shape index (κ2) is 4.41. The minimum Gasteiger partial charge on any atom is -0.304 e. The van der Waals surface area contributed by atoms with Crippen molar-refractivity contribution < 1.29 is 13.2 Å². The maximum Gasteiger partial charge on any atom is 0.262 e. The molecule has 1 unspecified atom stereocenters. The van der Waals surface area contributed by atoms with Gasteiger partial charge in [0.2, 0.25) is 0 Å². The lowest BCUT2D eigenvalue weighted by molar-refractivity contribution is 0.0210. The summed E-state index contributed by atoms with van der Waals surface area (Å²) >= 11 is 0. The predicted molar refractivity (Wildman–Crippen MR) is 54.0 cm³/mol.